The molecule has 5 rings (SSSR count). The maximum absolute atomic E-state index is 12.8. The minimum absolute atomic E-state index is 0.0633. The Bertz CT molecular complexity index is 484. The van der Waals surface area contributed by atoms with Crippen molar-refractivity contribution < 1.29 is 18.0 Å². The molecule has 6 heteroatoms. The van der Waals surface area contributed by atoms with Crippen molar-refractivity contribution in [1.82, 2.24) is 10.2 Å². The van der Waals surface area contributed by atoms with Gasteiger partial charge in [-0.05, 0) is 42.6 Å². The summed E-state index contributed by atoms with van der Waals surface area (Å²) in [6.45, 7) is 6.06. The Morgan fingerprint density at radius 1 is 1.29 bits per heavy atom. The van der Waals surface area contributed by atoms with Crippen LogP contribution in [-0.4, -0.2) is 42.7 Å². The highest BCUT2D eigenvalue weighted by molar-refractivity contribution is 5.87. The first-order valence-corrected chi connectivity index (χ1v) is 7.50. The van der Waals surface area contributed by atoms with Crippen LogP contribution in [0.25, 0.3) is 0 Å². The van der Waals surface area contributed by atoms with Crippen molar-refractivity contribution in [2.24, 2.45) is 22.7 Å². The quantitative estimate of drug-likeness (QED) is 0.805. The van der Waals surface area contributed by atoms with Crippen LogP contribution in [0.3, 0.4) is 0 Å². The zero-order chi connectivity index (χ0) is 15.0. The van der Waals surface area contributed by atoms with Crippen LogP contribution < -0.4 is 5.32 Å². The molecule has 3 nitrogen and oxygen atoms in total. The molecule has 21 heavy (non-hydrogen) atoms. The summed E-state index contributed by atoms with van der Waals surface area (Å²) in [5.41, 5.74) is -1.40. The van der Waals surface area contributed by atoms with Gasteiger partial charge >= 0.3 is 6.18 Å². The summed E-state index contributed by atoms with van der Waals surface area (Å²) in [5.74, 6) is 0.836. The molecular formula is C15H19F3N2O. The number of hydrogen-bond acceptors (Lipinski definition) is 2. The molecule has 5 fully saturated rings. The van der Waals surface area contributed by atoms with Crippen LogP contribution >= 0.6 is 0 Å². The van der Waals surface area contributed by atoms with Crippen molar-refractivity contribution >= 4 is 5.91 Å². The SMILES string of the molecule is C=CC(=O)NC1[C@H]2CN(CC34CC(C(F)(F)F)(C3)C4)C[C@@H]12. The number of piperidine rings is 1. The molecule has 3 atom stereocenters. The van der Waals surface area contributed by atoms with Crippen LogP contribution in [0, 0.1) is 22.7 Å². The number of nitrogens with zero attached hydrogens (tertiary/aromatic N) is 1. The van der Waals surface area contributed by atoms with Crippen molar-refractivity contribution in [1.29, 1.82) is 0 Å². The largest absolute Gasteiger partial charge is 0.394 e. The lowest BCUT2D eigenvalue weighted by Crippen LogP contribution is -2.70. The molecule has 5 aliphatic rings. The van der Waals surface area contributed by atoms with Gasteiger partial charge in [-0.2, -0.15) is 13.2 Å². The molecule has 1 aliphatic heterocycles. The van der Waals surface area contributed by atoms with E-state index < -0.39 is 11.6 Å². The number of carbonyl (C=O) groups excluding carboxylic acids is 1. The standard InChI is InChI=1S/C15H19F3N2O/c1-2-11(21)19-12-9-3-20(4-10(9)12)8-13-5-14(6-13,7-13)15(16,17)18/h2,9-10,12H,1,3-8H2,(H,19,21)/t9-,10+,12?,13?,14?. The van der Waals surface area contributed by atoms with Gasteiger partial charge in [-0.25, -0.2) is 0 Å². The van der Waals surface area contributed by atoms with Gasteiger partial charge in [0.25, 0.3) is 0 Å². The maximum atomic E-state index is 12.8. The van der Waals surface area contributed by atoms with Crippen molar-refractivity contribution in [2.75, 3.05) is 19.6 Å². The first-order valence-electron chi connectivity index (χ1n) is 7.50. The van der Waals surface area contributed by atoms with Gasteiger partial charge in [-0.15, -0.1) is 0 Å². The van der Waals surface area contributed by atoms with Crippen molar-refractivity contribution in [3.8, 4) is 0 Å². The number of carbonyl (C=O) groups is 1. The molecule has 0 spiro atoms. The summed E-state index contributed by atoms with van der Waals surface area (Å²) in [6, 6.07) is 0.251. The number of amides is 1. The Balaban J connectivity index is 1.25. The van der Waals surface area contributed by atoms with E-state index in [1.165, 1.54) is 6.08 Å². The van der Waals surface area contributed by atoms with Gasteiger partial charge in [0.15, 0.2) is 0 Å². The lowest BCUT2D eigenvalue weighted by molar-refractivity contribution is -0.365. The molecule has 4 aliphatic carbocycles. The summed E-state index contributed by atoms with van der Waals surface area (Å²) in [5, 5.41) is 2.92. The Morgan fingerprint density at radius 2 is 1.86 bits per heavy atom. The Kier molecular flexibility index (Phi) is 2.48. The zero-order valence-corrected chi connectivity index (χ0v) is 11.7. The predicted octanol–water partition coefficient (Wildman–Crippen LogP) is 1.95. The smallest absolute Gasteiger partial charge is 0.349 e. The highest BCUT2D eigenvalue weighted by atomic mass is 19.4. The van der Waals surface area contributed by atoms with Crippen LogP contribution in [0.1, 0.15) is 19.3 Å². The number of halogens is 3. The maximum Gasteiger partial charge on any atom is 0.394 e. The number of fused-ring (bicyclic) bond motifs is 1. The number of rotatable bonds is 4. The summed E-state index contributed by atoms with van der Waals surface area (Å²) >= 11 is 0. The summed E-state index contributed by atoms with van der Waals surface area (Å²) < 4.78 is 38.5. The second-order valence-electron chi connectivity index (χ2n) is 7.57. The van der Waals surface area contributed by atoms with Crippen molar-refractivity contribution in [3.05, 3.63) is 12.7 Å². The Hall–Kier alpha value is -1.04. The molecule has 1 N–H and O–H groups in total. The van der Waals surface area contributed by atoms with Gasteiger partial charge in [-0.3, -0.25) is 4.79 Å². The monoisotopic (exact) mass is 300 g/mol. The number of hydrogen-bond donors (Lipinski definition) is 1. The minimum atomic E-state index is -4.01. The molecular weight excluding hydrogens is 281 g/mol. The van der Waals surface area contributed by atoms with E-state index in [2.05, 4.69) is 16.8 Å². The van der Waals surface area contributed by atoms with Gasteiger partial charge in [0.1, 0.15) is 0 Å². The molecule has 0 aromatic rings. The van der Waals surface area contributed by atoms with E-state index in [0.717, 1.165) is 19.6 Å². The fourth-order valence-corrected chi connectivity index (χ4v) is 5.12. The summed E-state index contributed by atoms with van der Waals surface area (Å²) in [7, 11) is 0. The first-order chi connectivity index (χ1) is 9.78. The van der Waals surface area contributed by atoms with Gasteiger partial charge in [0, 0.05) is 25.7 Å². The van der Waals surface area contributed by atoms with Gasteiger partial charge in [0.2, 0.25) is 5.91 Å². The van der Waals surface area contributed by atoms with Crippen LogP contribution in [-0.2, 0) is 4.79 Å². The van der Waals surface area contributed by atoms with E-state index in [4.69, 9.17) is 0 Å². The normalized spacial score (nSPS) is 47.1. The Morgan fingerprint density at radius 3 is 2.33 bits per heavy atom. The first kappa shape index (κ1) is 13.6. The molecule has 1 amide bonds. The number of nitrogens with one attached hydrogen (secondary N) is 1. The van der Waals surface area contributed by atoms with E-state index >= 15 is 0 Å². The fraction of sp³-hybridized carbons (Fsp3) is 0.800. The van der Waals surface area contributed by atoms with E-state index in [9.17, 15) is 18.0 Å². The molecule has 0 radical (unpaired) electrons. The zero-order valence-electron chi connectivity index (χ0n) is 11.7. The van der Waals surface area contributed by atoms with Crippen LogP contribution in [0.2, 0.25) is 0 Å². The molecule has 1 heterocycles. The van der Waals surface area contributed by atoms with Gasteiger partial charge in [0.05, 0.1) is 5.41 Å². The highest BCUT2D eigenvalue weighted by Gasteiger charge is 2.78. The topological polar surface area (TPSA) is 32.3 Å². The third kappa shape index (κ3) is 1.81. The third-order valence-electron chi connectivity index (χ3n) is 6.06. The molecule has 0 aromatic carbocycles. The summed E-state index contributed by atoms with van der Waals surface area (Å²) in [6.07, 6.45) is -1.75. The molecule has 4 saturated carbocycles. The lowest BCUT2D eigenvalue weighted by atomic mass is 9.34. The van der Waals surface area contributed by atoms with E-state index in [-0.39, 0.29) is 17.4 Å². The highest BCUT2D eigenvalue weighted by Crippen LogP contribution is 2.78. The van der Waals surface area contributed by atoms with E-state index in [1.807, 2.05) is 0 Å². The summed E-state index contributed by atoms with van der Waals surface area (Å²) in [4.78, 5) is 13.5. The molecule has 2 bridgehead atoms. The van der Waals surface area contributed by atoms with Crippen molar-refractivity contribution in [3.63, 3.8) is 0 Å². The average Bonchev–Trinajstić information content (AvgIpc) is 2.76. The van der Waals surface area contributed by atoms with Gasteiger partial charge < -0.3 is 10.2 Å². The number of likely N-dealkylation sites (tertiary alicyclic amines) is 1. The second kappa shape index (κ2) is 3.83. The Labute approximate surface area is 121 Å². The predicted molar refractivity (Wildman–Crippen MR) is 70.3 cm³/mol. The van der Waals surface area contributed by atoms with Crippen LogP contribution in [0.4, 0.5) is 13.2 Å². The molecule has 1 saturated heterocycles. The number of alkyl halides is 3. The van der Waals surface area contributed by atoms with E-state index in [1.54, 1.807) is 0 Å². The fourth-order valence-electron chi connectivity index (χ4n) is 5.12. The van der Waals surface area contributed by atoms with Gasteiger partial charge in [-0.1, -0.05) is 6.58 Å². The third-order valence-corrected chi connectivity index (χ3v) is 6.06. The van der Waals surface area contributed by atoms with Crippen LogP contribution in [0.15, 0.2) is 12.7 Å². The average molecular weight is 300 g/mol. The second-order valence-corrected chi connectivity index (χ2v) is 7.57. The molecule has 0 aromatic heterocycles. The minimum Gasteiger partial charge on any atom is -0.349 e. The van der Waals surface area contributed by atoms with E-state index in [0.29, 0.717) is 31.1 Å². The van der Waals surface area contributed by atoms with Crippen LogP contribution in [0.5, 0.6) is 0 Å². The molecule has 116 valence electrons. The lowest BCUT2D eigenvalue weighted by Gasteiger charge is -2.71. The van der Waals surface area contributed by atoms with Crippen molar-refractivity contribution in [2.45, 2.75) is 31.5 Å². The molecule has 1 unspecified atom stereocenters.